The Balaban J connectivity index is 2.01. The van der Waals surface area contributed by atoms with Gasteiger partial charge in [-0.2, -0.15) is 0 Å². The van der Waals surface area contributed by atoms with Crippen LogP contribution in [0, 0.1) is 0 Å². The number of hydrogen-bond acceptors (Lipinski definition) is 4. The third-order valence-electron chi connectivity index (χ3n) is 3.47. The summed E-state index contributed by atoms with van der Waals surface area (Å²) < 4.78 is 10.9. The van der Waals surface area contributed by atoms with Crippen LogP contribution in [-0.2, 0) is 4.74 Å². The molecule has 1 fully saturated rings. The first kappa shape index (κ1) is 14.3. The van der Waals surface area contributed by atoms with Gasteiger partial charge in [0.05, 0.1) is 19.3 Å². The molecule has 1 aliphatic rings. The van der Waals surface area contributed by atoms with Crippen LogP contribution >= 0.6 is 0 Å². The normalized spacial score (nSPS) is 22.8. The van der Waals surface area contributed by atoms with Crippen molar-refractivity contribution in [3.05, 3.63) is 29.8 Å². The minimum atomic E-state index is -0.526. The largest absolute Gasteiger partial charge is 0.496 e. The third kappa shape index (κ3) is 3.93. The average Bonchev–Trinajstić information content (AvgIpc) is 2.63. The van der Waals surface area contributed by atoms with Crippen molar-refractivity contribution in [2.24, 2.45) is 0 Å². The number of β-amino-alcohol motifs (C(OH)–C–C–N with tert-alkyl or cyclic N) is 1. The first-order chi connectivity index (χ1) is 9.20. The summed E-state index contributed by atoms with van der Waals surface area (Å²) in [5.74, 6) is 0.745. The smallest absolute Gasteiger partial charge is 0.124 e. The van der Waals surface area contributed by atoms with E-state index >= 15 is 0 Å². The molecule has 2 rings (SSSR count). The van der Waals surface area contributed by atoms with Gasteiger partial charge in [0.1, 0.15) is 5.75 Å². The minimum absolute atomic E-state index is 0.229. The molecule has 1 aromatic rings. The van der Waals surface area contributed by atoms with E-state index in [1.165, 1.54) is 0 Å². The van der Waals surface area contributed by atoms with Gasteiger partial charge in [-0.15, -0.1) is 0 Å². The predicted molar refractivity (Wildman–Crippen MR) is 74.4 cm³/mol. The number of ether oxygens (including phenoxy) is 2. The maximum absolute atomic E-state index is 10.4. The van der Waals surface area contributed by atoms with E-state index in [9.17, 15) is 5.11 Å². The van der Waals surface area contributed by atoms with Gasteiger partial charge in [0.2, 0.25) is 0 Å². The lowest BCUT2D eigenvalue weighted by atomic mass is 10.1. The molecule has 19 heavy (non-hydrogen) atoms. The fourth-order valence-corrected chi connectivity index (χ4v) is 2.53. The summed E-state index contributed by atoms with van der Waals surface area (Å²) in [6.45, 7) is 5.34. The molecule has 106 valence electrons. The molecule has 0 amide bonds. The van der Waals surface area contributed by atoms with E-state index in [0.29, 0.717) is 6.54 Å². The molecular weight excluding hydrogens is 242 g/mol. The fraction of sp³-hybridized carbons (Fsp3) is 0.600. The summed E-state index contributed by atoms with van der Waals surface area (Å²) >= 11 is 0. The highest BCUT2D eigenvalue weighted by Gasteiger charge is 2.20. The molecule has 0 spiro atoms. The van der Waals surface area contributed by atoms with Gasteiger partial charge < -0.3 is 14.6 Å². The van der Waals surface area contributed by atoms with Crippen LogP contribution in [0.25, 0.3) is 0 Å². The van der Waals surface area contributed by atoms with Crippen molar-refractivity contribution in [3.63, 3.8) is 0 Å². The molecule has 4 heteroatoms. The summed E-state index contributed by atoms with van der Waals surface area (Å²) in [6.07, 6.45) is 0.719. The first-order valence-electron chi connectivity index (χ1n) is 6.85. The lowest BCUT2D eigenvalue weighted by Gasteiger charge is -2.25. The Morgan fingerprint density at radius 1 is 1.47 bits per heavy atom. The molecule has 1 saturated heterocycles. The summed E-state index contributed by atoms with van der Waals surface area (Å²) in [5.41, 5.74) is 0.850. The van der Waals surface area contributed by atoms with Crippen molar-refractivity contribution in [1.82, 2.24) is 4.90 Å². The van der Waals surface area contributed by atoms with Crippen LogP contribution in [-0.4, -0.2) is 49.5 Å². The summed E-state index contributed by atoms with van der Waals surface area (Å²) in [6, 6.07) is 7.64. The van der Waals surface area contributed by atoms with E-state index in [1.54, 1.807) is 7.11 Å². The van der Waals surface area contributed by atoms with E-state index in [4.69, 9.17) is 9.47 Å². The number of benzene rings is 1. The van der Waals surface area contributed by atoms with Crippen molar-refractivity contribution in [3.8, 4) is 5.75 Å². The Hall–Kier alpha value is -1.10. The van der Waals surface area contributed by atoms with Crippen molar-refractivity contribution >= 4 is 0 Å². The predicted octanol–water partition coefficient (Wildman–Crippen LogP) is 1.84. The van der Waals surface area contributed by atoms with Crippen LogP contribution in [0.3, 0.4) is 0 Å². The first-order valence-corrected chi connectivity index (χ1v) is 6.85. The zero-order valence-electron chi connectivity index (χ0n) is 11.7. The quantitative estimate of drug-likeness (QED) is 0.902. The monoisotopic (exact) mass is 265 g/mol. The Bertz CT molecular complexity index is 397. The standard InChI is InChI=1S/C15H23NO3/c1-12-10-16(8-5-9-19-12)11-14(17)13-6-3-4-7-15(13)18-2/h3-4,6-7,12,14,17H,5,8-11H2,1-2H3. The number of aliphatic hydroxyl groups excluding tert-OH is 1. The third-order valence-corrected chi connectivity index (χ3v) is 3.47. The Kier molecular flexibility index (Phi) is 5.19. The zero-order chi connectivity index (χ0) is 13.7. The topological polar surface area (TPSA) is 41.9 Å². The van der Waals surface area contributed by atoms with Gasteiger partial charge in [0, 0.05) is 31.8 Å². The van der Waals surface area contributed by atoms with Crippen LogP contribution < -0.4 is 4.74 Å². The number of para-hydroxylation sites is 1. The molecule has 0 saturated carbocycles. The molecule has 0 aliphatic carbocycles. The van der Waals surface area contributed by atoms with Crippen molar-refractivity contribution in [2.75, 3.05) is 33.4 Å². The van der Waals surface area contributed by atoms with E-state index in [1.807, 2.05) is 24.3 Å². The van der Waals surface area contributed by atoms with Crippen molar-refractivity contribution in [1.29, 1.82) is 0 Å². The zero-order valence-corrected chi connectivity index (χ0v) is 11.7. The van der Waals surface area contributed by atoms with Crippen molar-refractivity contribution in [2.45, 2.75) is 25.6 Å². The molecule has 1 aliphatic heterocycles. The summed E-state index contributed by atoms with van der Waals surface area (Å²) in [7, 11) is 1.63. The molecule has 0 radical (unpaired) electrons. The molecule has 2 atom stereocenters. The number of nitrogens with zero attached hydrogens (tertiary/aromatic N) is 1. The second kappa shape index (κ2) is 6.89. The van der Waals surface area contributed by atoms with Gasteiger partial charge in [-0.3, -0.25) is 4.90 Å². The highest BCUT2D eigenvalue weighted by molar-refractivity contribution is 5.35. The average molecular weight is 265 g/mol. The Labute approximate surface area is 114 Å². The van der Waals surface area contributed by atoms with Crippen LogP contribution in [0.2, 0.25) is 0 Å². The van der Waals surface area contributed by atoms with Crippen LogP contribution in [0.5, 0.6) is 5.75 Å². The molecule has 1 heterocycles. The summed E-state index contributed by atoms with van der Waals surface area (Å²) in [5, 5.41) is 10.4. The van der Waals surface area contributed by atoms with Crippen LogP contribution in [0.15, 0.2) is 24.3 Å². The molecule has 2 unspecified atom stereocenters. The van der Waals surface area contributed by atoms with Gasteiger partial charge >= 0.3 is 0 Å². The van der Waals surface area contributed by atoms with E-state index < -0.39 is 6.10 Å². The highest BCUT2D eigenvalue weighted by atomic mass is 16.5. The molecule has 0 aromatic heterocycles. The SMILES string of the molecule is COc1ccccc1C(O)CN1CCCOC(C)C1. The fourth-order valence-electron chi connectivity index (χ4n) is 2.53. The second-order valence-electron chi connectivity index (χ2n) is 5.05. The van der Waals surface area contributed by atoms with Crippen LogP contribution in [0.1, 0.15) is 25.0 Å². The molecular formula is C15H23NO3. The van der Waals surface area contributed by atoms with Gasteiger partial charge in [0.15, 0.2) is 0 Å². The summed E-state index contributed by atoms with van der Waals surface area (Å²) in [4.78, 5) is 2.26. The lowest BCUT2D eigenvalue weighted by molar-refractivity contribution is 0.0558. The highest BCUT2D eigenvalue weighted by Crippen LogP contribution is 2.25. The number of methoxy groups -OCH3 is 1. The molecule has 1 aromatic carbocycles. The molecule has 4 nitrogen and oxygen atoms in total. The van der Waals surface area contributed by atoms with Crippen molar-refractivity contribution < 1.29 is 14.6 Å². The lowest BCUT2D eigenvalue weighted by Crippen LogP contribution is -2.34. The second-order valence-corrected chi connectivity index (χ2v) is 5.05. The Morgan fingerprint density at radius 3 is 3.05 bits per heavy atom. The van der Waals surface area contributed by atoms with Crippen LogP contribution in [0.4, 0.5) is 0 Å². The molecule has 0 bridgehead atoms. The maximum atomic E-state index is 10.4. The van der Waals surface area contributed by atoms with E-state index in [0.717, 1.165) is 37.4 Å². The number of hydrogen-bond donors (Lipinski definition) is 1. The van der Waals surface area contributed by atoms with Gasteiger partial charge in [-0.25, -0.2) is 0 Å². The maximum Gasteiger partial charge on any atom is 0.124 e. The minimum Gasteiger partial charge on any atom is -0.496 e. The number of rotatable bonds is 4. The van der Waals surface area contributed by atoms with Gasteiger partial charge in [-0.05, 0) is 19.4 Å². The van der Waals surface area contributed by atoms with Gasteiger partial charge in [-0.1, -0.05) is 18.2 Å². The Morgan fingerprint density at radius 2 is 2.26 bits per heavy atom. The van der Waals surface area contributed by atoms with E-state index in [2.05, 4.69) is 11.8 Å². The van der Waals surface area contributed by atoms with Gasteiger partial charge in [0.25, 0.3) is 0 Å². The molecule has 1 N–H and O–H groups in total. The van der Waals surface area contributed by atoms with E-state index in [-0.39, 0.29) is 6.10 Å². The number of aliphatic hydroxyl groups is 1.